The van der Waals surface area contributed by atoms with Crippen molar-refractivity contribution in [2.45, 2.75) is 57.2 Å². The second kappa shape index (κ2) is 5.85. The molecule has 1 aromatic heterocycles. The van der Waals surface area contributed by atoms with Crippen molar-refractivity contribution >= 4 is 0 Å². The van der Waals surface area contributed by atoms with Gasteiger partial charge in [-0.05, 0) is 26.8 Å². The minimum absolute atomic E-state index is 0.126. The number of likely N-dealkylation sites (N-methyl/N-ethyl adjacent to an activating group) is 1. The first kappa shape index (κ1) is 13.6. The summed E-state index contributed by atoms with van der Waals surface area (Å²) < 4.78 is 1.86. The van der Waals surface area contributed by atoms with E-state index in [0.717, 1.165) is 0 Å². The summed E-state index contributed by atoms with van der Waals surface area (Å²) >= 11 is 0. The SMILES string of the molecule is CC(N)C(c1cnn(C)c1)N(C)C1CCCCC1. The predicted molar refractivity (Wildman–Crippen MR) is 74.2 cm³/mol. The molecule has 0 aliphatic heterocycles. The molecule has 1 aromatic rings. The number of nitrogens with two attached hydrogens (primary N) is 1. The van der Waals surface area contributed by atoms with Crippen molar-refractivity contribution < 1.29 is 0 Å². The van der Waals surface area contributed by atoms with Gasteiger partial charge in [0.25, 0.3) is 0 Å². The van der Waals surface area contributed by atoms with Gasteiger partial charge in [-0.1, -0.05) is 19.3 Å². The third kappa shape index (κ3) is 2.93. The van der Waals surface area contributed by atoms with Crippen LogP contribution in [0.4, 0.5) is 0 Å². The van der Waals surface area contributed by atoms with E-state index in [2.05, 4.69) is 30.2 Å². The van der Waals surface area contributed by atoms with E-state index in [4.69, 9.17) is 5.73 Å². The Balaban J connectivity index is 2.13. The molecule has 0 aromatic carbocycles. The van der Waals surface area contributed by atoms with Crippen molar-refractivity contribution in [3.63, 3.8) is 0 Å². The number of aryl methyl sites for hydroxylation is 1. The third-order valence-corrected chi connectivity index (χ3v) is 4.15. The van der Waals surface area contributed by atoms with Crippen molar-refractivity contribution in [2.75, 3.05) is 7.05 Å². The summed E-state index contributed by atoms with van der Waals surface area (Å²) in [6.07, 6.45) is 10.8. The van der Waals surface area contributed by atoms with Crippen LogP contribution in [0.1, 0.15) is 50.6 Å². The average molecular weight is 250 g/mol. The molecule has 2 rings (SSSR count). The lowest BCUT2D eigenvalue weighted by atomic mass is 9.91. The Morgan fingerprint density at radius 2 is 2.06 bits per heavy atom. The molecule has 1 saturated carbocycles. The maximum Gasteiger partial charge on any atom is 0.0538 e. The fraction of sp³-hybridized carbons (Fsp3) is 0.786. The topological polar surface area (TPSA) is 47.1 Å². The van der Waals surface area contributed by atoms with Gasteiger partial charge in [0.05, 0.1) is 12.2 Å². The van der Waals surface area contributed by atoms with E-state index >= 15 is 0 Å². The predicted octanol–water partition coefficient (Wildman–Crippen LogP) is 2.07. The smallest absolute Gasteiger partial charge is 0.0538 e. The Morgan fingerprint density at radius 1 is 1.39 bits per heavy atom. The highest BCUT2D eigenvalue weighted by molar-refractivity contribution is 5.13. The molecule has 102 valence electrons. The lowest BCUT2D eigenvalue weighted by molar-refractivity contribution is 0.123. The maximum absolute atomic E-state index is 6.21. The number of nitrogens with zero attached hydrogens (tertiary/aromatic N) is 3. The normalized spacial score (nSPS) is 21.2. The first-order valence-electron chi connectivity index (χ1n) is 7.05. The second-order valence-corrected chi connectivity index (χ2v) is 5.71. The zero-order chi connectivity index (χ0) is 13.1. The van der Waals surface area contributed by atoms with Gasteiger partial charge in [0.15, 0.2) is 0 Å². The summed E-state index contributed by atoms with van der Waals surface area (Å²) in [6.45, 7) is 2.09. The van der Waals surface area contributed by atoms with E-state index in [-0.39, 0.29) is 12.1 Å². The molecular weight excluding hydrogens is 224 g/mol. The highest BCUT2D eigenvalue weighted by atomic mass is 15.3. The van der Waals surface area contributed by atoms with Crippen LogP contribution in [0.5, 0.6) is 0 Å². The van der Waals surface area contributed by atoms with Gasteiger partial charge in [0.1, 0.15) is 0 Å². The minimum atomic E-state index is 0.126. The van der Waals surface area contributed by atoms with Gasteiger partial charge in [-0.25, -0.2) is 0 Å². The van der Waals surface area contributed by atoms with Crippen molar-refractivity contribution in [2.24, 2.45) is 12.8 Å². The second-order valence-electron chi connectivity index (χ2n) is 5.71. The molecule has 1 aliphatic carbocycles. The molecule has 0 amide bonds. The van der Waals surface area contributed by atoms with Gasteiger partial charge in [0.2, 0.25) is 0 Å². The Kier molecular flexibility index (Phi) is 4.40. The zero-order valence-electron chi connectivity index (χ0n) is 11.8. The molecule has 0 saturated heterocycles. The minimum Gasteiger partial charge on any atom is -0.326 e. The summed E-state index contributed by atoms with van der Waals surface area (Å²) in [7, 11) is 4.18. The Bertz CT molecular complexity index is 366. The van der Waals surface area contributed by atoms with Gasteiger partial charge in [-0.2, -0.15) is 5.10 Å². The largest absolute Gasteiger partial charge is 0.326 e. The van der Waals surface area contributed by atoms with Crippen LogP contribution >= 0.6 is 0 Å². The highest BCUT2D eigenvalue weighted by Crippen LogP contribution is 2.30. The Hall–Kier alpha value is -0.870. The lowest BCUT2D eigenvalue weighted by Crippen LogP contribution is -2.43. The van der Waals surface area contributed by atoms with Gasteiger partial charge < -0.3 is 5.73 Å². The molecule has 4 heteroatoms. The van der Waals surface area contributed by atoms with Crippen LogP contribution in [-0.2, 0) is 7.05 Å². The summed E-state index contributed by atoms with van der Waals surface area (Å²) in [6, 6.07) is 1.08. The quantitative estimate of drug-likeness (QED) is 0.890. The van der Waals surface area contributed by atoms with E-state index < -0.39 is 0 Å². The first-order valence-corrected chi connectivity index (χ1v) is 7.05. The van der Waals surface area contributed by atoms with Crippen molar-refractivity contribution in [1.82, 2.24) is 14.7 Å². The van der Waals surface area contributed by atoms with Crippen molar-refractivity contribution in [3.8, 4) is 0 Å². The summed E-state index contributed by atoms with van der Waals surface area (Å²) in [5.74, 6) is 0. The molecule has 2 unspecified atom stereocenters. The van der Waals surface area contributed by atoms with Crippen LogP contribution in [0.25, 0.3) is 0 Å². The number of hydrogen-bond donors (Lipinski definition) is 1. The van der Waals surface area contributed by atoms with Crippen LogP contribution < -0.4 is 5.73 Å². The Labute approximate surface area is 110 Å². The fourth-order valence-electron chi connectivity index (χ4n) is 3.22. The molecule has 18 heavy (non-hydrogen) atoms. The maximum atomic E-state index is 6.21. The molecular formula is C14H26N4. The highest BCUT2D eigenvalue weighted by Gasteiger charge is 2.28. The van der Waals surface area contributed by atoms with E-state index in [1.165, 1.54) is 37.7 Å². The standard InChI is InChI=1S/C14H26N4/c1-11(15)14(12-9-16-17(2)10-12)18(3)13-7-5-4-6-8-13/h9-11,13-14H,4-8,15H2,1-3H3. The van der Waals surface area contributed by atoms with E-state index in [0.29, 0.717) is 6.04 Å². The molecule has 2 atom stereocenters. The van der Waals surface area contributed by atoms with Crippen molar-refractivity contribution in [3.05, 3.63) is 18.0 Å². The fourth-order valence-corrected chi connectivity index (χ4v) is 3.22. The molecule has 1 fully saturated rings. The molecule has 1 aliphatic rings. The average Bonchev–Trinajstić information content (AvgIpc) is 2.76. The first-order chi connectivity index (χ1) is 8.59. The van der Waals surface area contributed by atoms with E-state index in [1.807, 2.05) is 17.9 Å². The number of rotatable bonds is 4. The monoisotopic (exact) mass is 250 g/mol. The molecule has 0 radical (unpaired) electrons. The van der Waals surface area contributed by atoms with Crippen LogP contribution in [0.3, 0.4) is 0 Å². The van der Waals surface area contributed by atoms with E-state index in [1.54, 1.807) is 0 Å². The molecule has 0 spiro atoms. The van der Waals surface area contributed by atoms with Crippen LogP contribution in [0.2, 0.25) is 0 Å². The third-order valence-electron chi connectivity index (χ3n) is 4.15. The molecule has 4 nitrogen and oxygen atoms in total. The lowest BCUT2D eigenvalue weighted by Gasteiger charge is -2.38. The van der Waals surface area contributed by atoms with E-state index in [9.17, 15) is 0 Å². The summed E-state index contributed by atoms with van der Waals surface area (Å²) in [4.78, 5) is 2.47. The van der Waals surface area contributed by atoms with Crippen molar-refractivity contribution in [1.29, 1.82) is 0 Å². The number of aromatic nitrogens is 2. The molecule has 1 heterocycles. The van der Waals surface area contributed by atoms with Gasteiger partial charge in [-0.15, -0.1) is 0 Å². The zero-order valence-corrected chi connectivity index (χ0v) is 11.8. The van der Waals surface area contributed by atoms with Gasteiger partial charge >= 0.3 is 0 Å². The van der Waals surface area contributed by atoms with Crippen LogP contribution in [0, 0.1) is 0 Å². The number of hydrogen-bond acceptors (Lipinski definition) is 3. The molecule has 2 N–H and O–H groups in total. The Morgan fingerprint density at radius 3 is 2.56 bits per heavy atom. The summed E-state index contributed by atoms with van der Waals surface area (Å²) in [5, 5.41) is 4.28. The molecule has 0 bridgehead atoms. The van der Waals surface area contributed by atoms with Crippen LogP contribution in [-0.4, -0.2) is 33.8 Å². The summed E-state index contributed by atoms with van der Waals surface area (Å²) in [5.41, 5.74) is 7.44. The van der Waals surface area contributed by atoms with Gasteiger partial charge in [0, 0.05) is 30.9 Å². The van der Waals surface area contributed by atoms with Gasteiger partial charge in [-0.3, -0.25) is 9.58 Å². The van der Waals surface area contributed by atoms with Crippen LogP contribution in [0.15, 0.2) is 12.4 Å².